The molecule has 1 aromatic heterocycles. The minimum absolute atomic E-state index is 0.274. The van der Waals surface area contributed by atoms with Crippen LogP contribution in [0.2, 0.25) is 0 Å². The number of benzene rings is 1. The van der Waals surface area contributed by atoms with Crippen molar-refractivity contribution in [2.45, 2.75) is 20.3 Å². The molecule has 0 unspecified atom stereocenters. The van der Waals surface area contributed by atoms with Gasteiger partial charge in [0.1, 0.15) is 18.0 Å². The van der Waals surface area contributed by atoms with Gasteiger partial charge >= 0.3 is 0 Å². The van der Waals surface area contributed by atoms with E-state index in [1.54, 1.807) is 6.33 Å². The maximum absolute atomic E-state index is 5.38. The standard InChI is InChI=1S/C15H18N4O2/c1-3-6-16-14-10(2)15(18-8-17-14)19-11-4-5-12-13(7-11)21-9-20-12/h4-5,7-8H,3,6,9H2,1-2H3,(H2,16,17,18,19). The van der Waals surface area contributed by atoms with Crippen LogP contribution in [0, 0.1) is 6.92 Å². The Labute approximate surface area is 123 Å². The van der Waals surface area contributed by atoms with Gasteiger partial charge in [-0.1, -0.05) is 6.92 Å². The molecule has 0 radical (unpaired) electrons. The van der Waals surface area contributed by atoms with Gasteiger partial charge in [-0.3, -0.25) is 0 Å². The molecule has 0 aliphatic carbocycles. The van der Waals surface area contributed by atoms with Crippen LogP contribution in [0.3, 0.4) is 0 Å². The van der Waals surface area contributed by atoms with E-state index in [0.717, 1.165) is 47.4 Å². The molecule has 0 amide bonds. The van der Waals surface area contributed by atoms with Gasteiger partial charge in [0, 0.05) is 23.9 Å². The molecule has 1 aliphatic rings. The minimum atomic E-state index is 0.274. The third kappa shape index (κ3) is 2.84. The summed E-state index contributed by atoms with van der Waals surface area (Å²) in [5, 5.41) is 6.59. The zero-order valence-corrected chi connectivity index (χ0v) is 12.1. The third-order valence-corrected chi connectivity index (χ3v) is 3.26. The molecule has 3 rings (SSSR count). The first-order valence-corrected chi connectivity index (χ1v) is 7.00. The average Bonchev–Trinajstić information content (AvgIpc) is 2.96. The molecule has 21 heavy (non-hydrogen) atoms. The lowest BCUT2D eigenvalue weighted by Crippen LogP contribution is -2.06. The lowest BCUT2D eigenvalue weighted by Gasteiger charge is -2.12. The van der Waals surface area contributed by atoms with E-state index >= 15 is 0 Å². The van der Waals surface area contributed by atoms with Gasteiger partial charge in [0.05, 0.1) is 0 Å². The zero-order chi connectivity index (χ0) is 14.7. The summed E-state index contributed by atoms with van der Waals surface area (Å²) < 4.78 is 10.7. The number of fused-ring (bicyclic) bond motifs is 1. The SMILES string of the molecule is CCCNc1ncnc(Nc2ccc3c(c2)OCO3)c1C. The summed E-state index contributed by atoms with van der Waals surface area (Å²) in [6, 6.07) is 5.73. The monoisotopic (exact) mass is 286 g/mol. The van der Waals surface area contributed by atoms with Gasteiger partial charge in [-0.25, -0.2) is 9.97 Å². The van der Waals surface area contributed by atoms with Crippen LogP contribution in [-0.4, -0.2) is 23.3 Å². The molecule has 110 valence electrons. The first-order valence-electron chi connectivity index (χ1n) is 7.00. The highest BCUT2D eigenvalue weighted by molar-refractivity contribution is 5.66. The second-order valence-electron chi connectivity index (χ2n) is 4.82. The van der Waals surface area contributed by atoms with Crippen LogP contribution in [0.5, 0.6) is 11.5 Å². The van der Waals surface area contributed by atoms with Crippen LogP contribution in [0.25, 0.3) is 0 Å². The van der Waals surface area contributed by atoms with Crippen molar-refractivity contribution in [1.82, 2.24) is 9.97 Å². The maximum Gasteiger partial charge on any atom is 0.231 e. The second-order valence-corrected chi connectivity index (χ2v) is 4.82. The Kier molecular flexibility index (Phi) is 3.77. The fraction of sp³-hybridized carbons (Fsp3) is 0.333. The number of hydrogen-bond donors (Lipinski definition) is 2. The molecule has 2 N–H and O–H groups in total. The highest BCUT2D eigenvalue weighted by atomic mass is 16.7. The van der Waals surface area contributed by atoms with Crippen LogP contribution < -0.4 is 20.1 Å². The van der Waals surface area contributed by atoms with E-state index in [1.807, 2.05) is 25.1 Å². The Morgan fingerprint density at radius 1 is 1.14 bits per heavy atom. The van der Waals surface area contributed by atoms with Crippen LogP contribution in [0.15, 0.2) is 24.5 Å². The van der Waals surface area contributed by atoms with Gasteiger partial charge in [-0.15, -0.1) is 0 Å². The van der Waals surface area contributed by atoms with E-state index in [0.29, 0.717) is 0 Å². The van der Waals surface area contributed by atoms with Gasteiger partial charge < -0.3 is 20.1 Å². The summed E-state index contributed by atoms with van der Waals surface area (Å²) in [5.74, 6) is 3.15. The average molecular weight is 286 g/mol. The van der Waals surface area contributed by atoms with Crippen LogP contribution in [0.4, 0.5) is 17.3 Å². The van der Waals surface area contributed by atoms with Crippen molar-refractivity contribution in [2.24, 2.45) is 0 Å². The maximum atomic E-state index is 5.38. The van der Waals surface area contributed by atoms with Gasteiger partial charge in [0.25, 0.3) is 0 Å². The van der Waals surface area contributed by atoms with E-state index in [2.05, 4.69) is 27.5 Å². The summed E-state index contributed by atoms with van der Waals surface area (Å²) >= 11 is 0. The first-order chi connectivity index (χ1) is 10.3. The molecule has 6 heteroatoms. The molecule has 0 bridgehead atoms. The molecule has 0 spiro atoms. The Hall–Kier alpha value is -2.50. The van der Waals surface area contributed by atoms with Gasteiger partial charge in [-0.2, -0.15) is 0 Å². The van der Waals surface area contributed by atoms with Gasteiger partial charge in [0.15, 0.2) is 11.5 Å². The number of anilines is 3. The molecule has 2 heterocycles. The number of nitrogens with zero attached hydrogens (tertiary/aromatic N) is 2. The largest absolute Gasteiger partial charge is 0.454 e. The fourth-order valence-electron chi connectivity index (χ4n) is 2.11. The quantitative estimate of drug-likeness (QED) is 0.880. The Morgan fingerprint density at radius 3 is 2.81 bits per heavy atom. The molecule has 6 nitrogen and oxygen atoms in total. The highest BCUT2D eigenvalue weighted by Gasteiger charge is 2.14. The van der Waals surface area contributed by atoms with E-state index in [4.69, 9.17) is 9.47 Å². The summed E-state index contributed by atoms with van der Waals surface area (Å²) in [7, 11) is 0. The molecule has 0 saturated carbocycles. The lowest BCUT2D eigenvalue weighted by molar-refractivity contribution is 0.174. The summed E-state index contributed by atoms with van der Waals surface area (Å²) in [4.78, 5) is 8.57. The third-order valence-electron chi connectivity index (χ3n) is 3.26. The van der Waals surface area contributed by atoms with Gasteiger partial charge in [0.2, 0.25) is 6.79 Å². The topological polar surface area (TPSA) is 68.3 Å². The lowest BCUT2D eigenvalue weighted by atomic mass is 10.2. The Balaban J connectivity index is 1.81. The van der Waals surface area contributed by atoms with E-state index in [9.17, 15) is 0 Å². The van der Waals surface area contributed by atoms with Crippen molar-refractivity contribution < 1.29 is 9.47 Å². The normalized spacial score (nSPS) is 12.3. The van der Waals surface area contributed by atoms with Gasteiger partial charge in [-0.05, 0) is 25.5 Å². The van der Waals surface area contributed by atoms with E-state index in [1.165, 1.54) is 0 Å². The molecule has 2 aromatic rings. The number of ether oxygens (including phenoxy) is 2. The van der Waals surface area contributed by atoms with Crippen molar-refractivity contribution in [3.63, 3.8) is 0 Å². The van der Waals surface area contributed by atoms with E-state index in [-0.39, 0.29) is 6.79 Å². The van der Waals surface area contributed by atoms with Crippen molar-refractivity contribution in [3.05, 3.63) is 30.1 Å². The Bertz CT molecular complexity index is 646. The first kappa shape index (κ1) is 13.5. The Morgan fingerprint density at radius 2 is 1.95 bits per heavy atom. The number of hydrogen-bond acceptors (Lipinski definition) is 6. The second kappa shape index (κ2) is 5.87. The molecule has 0 fully saturated rings. The molecule has 1 aliphatic heterocycles. The van der Waals surface area contributed by atoms with E-state index < -0.39 is 0 Å². The zero-order valence-electron chi connectivity index (χ0n) is 12.1. The molecule has 0 saturated heterocycles. The number of rotatable bonds is 5. The molecular formula is C15H18N4O2. The predicted octanol–water partition coefficient (Wildman–Crippen LogP) is 3.08. The van der Waals surface area contributed by atoms with Crippen LogP contribution in [-0.2, 0) is 0 Å². The molecule has 0 atom stereocenters. The smallest absolute Gasteiger partial charge is 0.231 e. The predicted molar refractivity (Wildman–Crippen MR) is 81.4 cm³/mol. The molecular weight excluding hydrogens is 268 g/mol. The number of nitrogens with one attached hydrogen (secondary N) is 2. The van der Waals surface area contributed by atoms with Crippen molar-refractivity contribution in [1.29, 1.82) is 0 Å². The highest BCUT2D eigenvalue weighted by Crippen LogP contribution is 2.35. The van der Waals surface area contributed by atoms with Crippen molar-refractivity contribution in [2.75, 3.05) is 24.0 Å². The van der Waals surface area contributed by atoms with Crippen molar-refractivity contribution >= 4 is 17.3 Å². The fourth-order valence-corrected chi connectivity index (χ4v) is 2.11. The summed E-state index contributed by atoms with van der Waals surface area (Å²) in [6.45, 7) is 5.28. The summed E-state index contributed by atoms with van der Waals surface area (Å²) in [6.07, 6.45) is 2.61. The summed E-state index contributed by atoms with van der Waals surface area (Å²) in [5.41, 5.74) is 1.89. The molecule has 1 aromatic carbocycles. The minimum Gasteiger partial charge on any atom is -0.454 e. The number of aromatic nitrogens is 2. The van der Waals surface area contributed by atoms with Crippen LogP contribution >= 0.6 is 0 Å². The van der Waals surface area contributed by atoms with Crippen LogP contribution in [0.1, 0.15) is 18.9 Å². The van der Waals surface area contributed by atoms with Crippen molar-refractivity contribution in [3.8, 4) is 11.5 Å².